The SMILES string of the molecule is CC1CCN(C(=O)CN2C(=O)C(C)Oc3ccc(C(C)N)cc32)CC1. The zero-order chi connectivity index (χ0) is 18.1. The summed E-state index contributed by atoms with van der Waals surface area (Å²) in [6.45, 7) is 7.39. The van der Waals surface area contributed by atoms with E-state index in [4.69, 9.17) is 10.5 Å². The zero-order valence-electron chi connectivity index (χ0n) is 15.2. The second-order valence-corrected chi connectivity index (χ2v) is 7.26. The first-order valence-electron chi connectivity index (χ1n) is 9.02. The van der Waals surface area contributed by atoms with Crippen LogP contribution in [0.5, 0.6) is 5.75 Å². The molecule has 2 unspecified atom stereocenters. The summed E-state index contributed by atoms with van der Waals surface area (Å²) in [4.78, 5) is 28.8. The first-order chi connectivity index (χ1) is 11.9. The van der Waals surface area contributed by atoms with Crippen LogP contribution in [0.4, 0.5) is 5.69 Å². The lowest BCUT2D eigenvalue weighted by Crippen LogP contribution is -2.50. The van der Waals surface area contributed by atoms with Crippen molar-refractivity contribution in [3.63, 3.8) is 0 Å². The van der Waals surface area contributed by atoms with Crippen molar-refractivity contribution in [3.05, 3.63) is 23.8 Å². The maximum Gasteiger partial charge on any atom is 0.268 e. The van der Waals surface area contributed by atoms with Gasteiger partial charge in [0.1, 0.15) is 12.3 Å². The molecule has 2 aliphatic heterocycles. The van der Waals surface area contributed by atoms with Crippen LogP contribution < -0.4 is 15.4 Å². The van der Waals surface area contributed by atoms with Crippen LogP contribution in [0.3, 0.4) is 0 Å². The molecule has 136 valence electrons. The van der Waals surface area contributed by atoms with Crippen molar-refractivity contribution in [3.8, 4) is 5.75 Å². The number of ether oxygens (including phenoxy) is 1. The zero-order valence-corrected chi connectivity index (χ0v) is 15.2. The van der Waals surface area contributed by atoms with E-state index in [2.05, 4.69) is 6.92 Å². The number of amides is 2. The Labute approximate surface area is 148 Å². The molecule has 6 heteroatoms. The standard InChI is InChI=1S/C19H27N3O3/c1-12-6-8-21(9-7-12)18(23)11-22-16-10-15(13(2)20)4-5-17(16)25-14(3)19(22)24/h4-5,10,12-14H,6-9,11,20H2,1-3H3. The van der Waals surface area contributed by atoms with Gasteiger partial charge in [0.25, 0.3) is 5.91 Å². The minimum atomic E-state index is -0.595. The molecule has 1 aromatic rings. The van der Waals surface area contributed by atoms with Gasteiger partial charge in [0.15, 0.2) is 6.10 Å². The fourth-order valence-electron chi connectivity index (χ4n) is 3.36. The van der Waals surface area contributed by atoms with E-state index in [9.17, 15) is 9.59 Å². The molecule has 0 spiro atoms. The van der Waals surface area contributed by atoms with Crippen LogP contribution >= 0.6 is 0 Å². The molecule has 1 saturated heterocycles. The van der Waals surface area contributed by atoms with Gasteiger partial charge in [0.05, 0.1) is 5.69 Å². The van der Waals surface area contributed by atoms with Crippen molar-refractivity contribution in [2.75, 3.05) is 24.5 Å². The third-order valence-electron chi connectivity index (χ3n) is 5.15. The van der Waals surface area contributed by atoms with Gasteiger partial charge in [0.2, 0.25) is 5.91 Å². The topological polar surface area (TPSA) is 75.9 Å². The maximum absolute atomic E-state index is 12.7. The van der Waals surface area contributed by atoms with Crippen LogP contribution in [0.25, 0.3) is 0 Å². The molecule has 2 atom stereocenters. The summed E-state index contributed by atoms with van der Waals surface area (Å²) in [6, 6.07) is 5.44. The number of nitrogens with two attached hydrogens (primary N) is 1. The second kappa shape index (κ2) is 7.04. The monoisotopic (exact) mass is 345 g/mol. The highest BCUT2D eigenvalue weighted by molar-refractivity contribution is 6.03. The highest BCUT2D eigenvalue weighted by Gasteiger charge is 2.34. The molecule has 0 aromatic heterocycles. The third kappa shape index (κ3) is 3.63. The van der Waals surface area contributed by atoms with Crippen molar-refractivity contribution < 1.29 is 14.3 Å². The van der Waals surface area contributed by atoms with E-state index in [0.29, 0.717) is 17.4 Å². The summed E-state index contributed by atoms with van der Waals surface area (Å²) in [5.41, 5.74) is 7.51. The number of hydrogen-bond donors (Lipinski definition) is 1. The Morgan fingerprint density at radius 3 is 2.64 bits per heavy atom. The summed E-state index contributed by atoms with van der Waals surface area (Å²) in [7, 11) is 0. The molecule has 1 fully saturated rings. The van der Waals surface area contributed by atoms with Crippen molar-refractivity contribution in [2.24, 2.45) is 11.7 Å². The summed E-state index contributed by atoms with van der Waals surface area (Å²) < 4.78 is 5.69. The number of anilines is 1. The molecular weight excluding hydrogens is 318 g/mol. The van der Waals surface area contributed by atoms with Crippen LogP contribution in [0, 0.1) is 5.92 Å². The molecule has 2 aliphatic rings. The second-order valence-electron chi connectivity index (χ2n) is 7.26. The van der Waals surface area contributed by atoms with E-state index >= 15 is 0 Å². The Morgan fingerprint density at radius 1 is 1.32 bits per heavy atom. The number of hydrogen-bond acceptors (Lipinski definition) is 4. The number of benzene rings is 1. The van der Waals surface area contributed by atoms with Crippen LogP contribution in [-0.2, 0) is 9.59 Å². The predicted octanol–water partition coefficient (Wildman–Crippen LogP) is 2.08. The summed E-state index contributed by atoms with van der Waals surface area (Å²) >= 11 is 0. The molecule has 0 aliphatic carbocycles. The van der Waals surface area contributed by atoms with E-state index in [0.717, 1.165) is 31.5 Å². The van der Waals surface area contributed by atoms with Crippen LogP contribution in [-0.4, -0.2) is 42.5 Å². The Kier molecular flexibility index (Phi) is 4.99. The molecule has 2 N–H and O–H groups in total. The van der Waals surface area contributed by atoms with Gasteiger partial charge in [-0.15, -0.1) is 0 Å². The summed E-state index contributed by atoms with van der Waals surface area (Å²) in [5, 5.41) is 0. The molecule has 0 radical (unpaired) electrons. The lowest BCUT2D eigenvalue weighted by Gasteiger charge is -2.36. The van der Waals surface area contributed by atoms with E-state index in [-0.39, 0.29) is 24.4 Å². The van der Waals surface area contributed by atoms with Crippen molar-refractivity contribution in [1.82, 2.24) is 4.90 Å². The number of fused-ring (bicyclic) bond motifs is 1. The van der Waals surface area contributed by atoms with E-state index in [1.807, 2.05) is 30.0 Å². The average Bonchev–Trinajstić information content (AvgIpc) is 2.59. The largest absolute Gasteiger partial charge is 0.479 e. The van der Waals surface area contributed by atoms with Crippen LogP contribution in [0.1, 0.15) is 45.2 Å². The lowest BCUT2D eigenvalue weighted by molar-refractivity contribution is -0.134. The van der Waals surface area contributed by atoms with Crippen LogP contribution in [0.2, 0.25) is 0 Å². The third-order valence-corrected chi connectivity index (χ3v) is 5.15. The van der Waals surface area contributed by atoms with Crippen molar-refractivity contribution in [2.45, 2.75) is 45.8 Å². The first-order valence-corrected chi connectivity index (χ1v) is 9.02. The highest BCUT2D eigenvalue weighted by Crippen LogP contribution is 2.36. The fourth-order valence-corrected chi connectivity index (χ4v) is 3.36. The first kappa shape index (κ1) is 17.7. The lowest BCUT2D eigenvalue weighted by atomic mass is 9.99. The normalized spacial score (nSPS) is 22.4. The van der Waals surface area contributed by atoms with Gasteiger partial charge in [0, 0.05) is 19.1 Å². The molecule has 2 amide bonds. The van der Waals surface area contributed by atoms with Gasteiger partial charge in [-0.05, 0) is 50.3 Å². The summed E-state index contributed by atoms with van der Waals surface area (Å²) in [5.74, 6) is 1.08. The molecule has 1 aromatic carbocycles. The Balaban J connectivity index is 1.83. The Bertz CT molecular complexity index is 666. The van der Waals surface area contributed by atoms with E-state index in [1.54, 1.807) is 11.8 Å². The van der Waals surface area contributed by atoms with Crippen molar-refractivity contribution >= 4 is 17.5 Å². The number of piperidine rings is 1. The van der Waals surface area contributed by atoms with Gasteiger partial charge in [-0.1, -0.05) is 13.0 Å². The molecule has 6 nitrogen and oxygen atoms in total. The van der Waals surface area contributed by atoms with Gasteiger partial charge >= 0.3 is 0 Å². The van der Waals surface area contributed by atoms with E-state index in [1.165, 1.54) is 0 Å². The number of likely N-dealkylation sites (tertiary alicyclic amines) is 1. The minimum absolute atomic E-state index is 0.00787. The predicted molar refractivity (Wildman–Crippen MR) is 96.5 cm³/mol. The van der Waals surface area contributed by atoms with E-state index < -0.39 is 6.10 Å². The Morgan fingerprint density at radius 2 is 2.00 bits per heavy atom. The number of carbonyl (C=O) groups excluding carboxylic acids is 2. The Hall–Kier alpha value is -2.08. The quantitative estimate of drug-likeness (QED) is 0.910. The molecule has 25 heavy (non-hydrogen) atoms. The molecule has 2 heterocycles. The minimum Gasteiger partial charge on any atom is -0.479 e. The molecular formula is C19H27N3O3. The number of carbonyl (C=O) groups is 2. The number of rotatable bonds is 3. The molecule has 0 bridgehead atoms. The maximum atomic E-state index is 12.7. The average molecular weight is 345 g/mol. The van der Waals surface area contributed by atoms with Crippen LogP contribution in [0.15, 0.2) is 18.2 Å². The smallest absolute Gasteiger partial charge is 0.268 e. The fraction of sp³-hybridized carbons (Fsp3) is 0.579. The molecule has 0 saturated carbocycles. The highest BCUT2D eigenvalue weighted by atomic mass is 16.5. The summed E-state index contributed by atoms with van der Waals surface area (Å²) in [6.07, 6.45) is 1.44. The van der Waals surface area contributed by atoms with Gasteiger partial charge < -0.3 is 15.4 Å². The molecule has 3 rings (SSSR count). The van der Waals surface area contributed by atoms with Crippen molar-refractivity contribution in [1.29, 1.82) is 0 Å². The van der Waals surface area contributed by atoms with Gasteiger partial charge in [-0.25, -0.2) is 0 Å². The van der Waals surface area contributed by atoms with Gasteiger partial charge in [-0.3, -0.25) is 14.5 Å². The number of nitrogens with zero attached hydrogens (tertiary/aromatic N) is 2. The van der Waals surface area contributed by atoms with Gasteiger partial charge in [-0.2, -0.15) is 0 Å².